The highest BCUT2D eigenvalue weighted by atomic mass is 35.5. The van der Waals surface area contributed by atoms with Crippen molar-refractivity contribution in [3.05, 3.63) is 51.8 Å². The van der Waals surface area contributed by atoms with Crippen molar-refractivity contribution < 1.29 is 50.1 Å². The maximum Gasteiger partial charge on any atom is 0.418 e. The van der Waals surface area contributed by atoms with Crippen LogP contribution in [0.5, 0.6) is 6.01 Å². The lowest BCUT2D eigenvalue weighted by molar-refractivity contribution is -0.170. The molecule has 12 nitrogen and oxygen atoms in total. The summed E-state index contributed by atoms with van der Waals surface area (Å²) in [6.45, 7) is 12.6. The van der Waals surface area contributed by atoms with E-state index in [1.807, 2.05) is 9.80 Å². The number of benzene rings is 1. The maximum absolute atomic E-state index is 17.5. The van der Waals surface area contributed by atoms with Gasteiger partial charge in [0, 0.05) is 37.7 Å². The Balaban J connectivity index is 1.37. The minimum atomic E-state index is -4.99. The zero-order valence-corrected chi connectivity index (χ0v) is 34.6. The van der Waals surface area contributed by atoms with Crippen LogP contribution >= 0.6 is 11.6 Å². The molecule has 1 amide bonds. The third-order valence-electron chi connectivity index (χ3n) is 11.9. The molecule has 0 saturated carbocycles. The van der Waals surface area contributed by atoms with Gasteiger partial charge in [0.15, 0.2) is 5.82 Å². The molecule has 324 valence electrons. The van der Waals surface area contributed by atoms with Gasteiger partial charge >= 0.3 is 24.2 Å². The summed E-state index contributed by atoms with van der Waals surface area (Å²) < 4.78 is 106. The van der Waals surface area contributed by atoms with Gasteiger partial charge in [0.05, 0.1) is 50.8 Å². The first-order valence-corrected chi connectivity index (χ1v) is 20.2. The first-order valence-electron chi connectivity index (χ1n) is 19.8. The largest absolute Gasteiger partial charge is 0.461 e. The van der Waals surface area contributed by atoms with Crippen LogP contribution in [0.25, 0.3) is 27.7 Å². The Morgan fingerprint density at radius 3 is 2.40 bits per heavy atom. The quantitative estimate of drug-likeness (QED) is 0.119. The highest BCUT2D eigenvalue weighted by Gasteiger charge is 2.49. The second-order valence-corrected chi connectivity index (χ2v) is 16.7. The molecule has 0 aliphatic carbocycles. The number of halogens is 7. The van der Waals surface area contributed by atoms with E-state index in [1.165, 1.54) is 13.8 Å². The number of ether oxygens (including phenoxy) is 3. The third kappa shape index (κ3) is 7.80. The second-order valence-electron chi connectivity index (χ2n) is 16.3. The number of allylic oxidation sites excluding steroid dienone is 1. The van der Waals surface area contributed by atoms with Gasteiger partial charge in [-0.2, -0.15) is 31.9 Å². The number of fused-ring (bicyclic) bond motifs is 4. The summed E-state index contributed by atoms with van der Waals surface area (Å²) in [7, 11) is 0. The molecule has 6 heterocycles. The molecule has 0 spiro atoms. The van der Waals surface area contributed by atoms with Crippen LogP contribution in [0, 0.1) is 18.7 Å². The fourth-order valence-electron chi connectivity index (χ4n) is 9.08. The standard InChI is InChI=1S/C41H46ClF6N7O5/c1-7-20(4)27-28-34(32(43)29(31(27)42)33-30(41(46,47)48)21(5)13-26(49)50-33)51-38(58-18-40-11-8-12-54(40)15-23(14-40)35(44)45)52-36(28)53-16-24-9-10-25(17-53)55(24)39(57)60-22(6)59-37(56)19(2)3/h13,19,22,24-25H,4,7-12,14-18H2,1-3,5-6H3,(H2,49,50)/t22?,24-,25+,40-/m0/s1. The summed E-state index contributed by atoms with van der Waals surface area (Å²) in [6, 6.07) is -0.214. The smallest absolute Gasteiger partial charge is 0.418 e. The van der Waals surface area contributed by atoms with Crippen molar-refractivity contribution in [3.63, 3.8) is 0 Å². The van der Waals surface area contributed by atoms with Crippen molar-refractivity contribution in [1.82, 2.24) is 24.8 Å². The molecule has 2 bridgehead atoms. The fourth-order valence-corrected chi connectivity index (χ4v) is 9.48. The topological polar surface area (TPSA) is 136 Å². The maximum atomic E-state index is 17.5. The number of pyridine rings is 1. The predicted octanol–water partition coefficient (Wildman–Crippen LogP) is 8.92. The molecule has 1 unspecified atom stereocenters. The summed E-state index contributed by atoms with van der Waals surface area (Å²) in [5.41, 5.74) is 2.04. The molecule has 4 saturated heterocycles. The van der Waals surface area contributed by atoms with Crippen LogP contribution in [0.2, 0.25) is 5.02 Å². The van der Waals surface area contributed by atoms with Crippen LogP contribution in [0.4, 0.5) is 42.8 Å². The summed E-state index contributed by atoms with van der Waals surface area (Å²) in [5.74, 6) is -2.41. The molecule has 2 N–H and O–H groups in total. The number of rotatable bonds is 10. The number of aryl methyl sites for hydroxylation is 1. The number of amides is 1. The Labute approximate surface area is 347 Å². The number of nitrogens with zero attached hydrogens (tertiary/aromatic N) is 6. The molecule has 4 aliphatic heterocycles. The van der Waals surface area contributed by atoms with Gasteiger partial charge in [-0.15, -0.1) is 0 Å². The average Bonchev–Trinajstić information content (AvgIpc) is 3.81. The number of esters is 1. The number of aromatic nitrogens is 3. The lowest BCUT2D eigenvalue weighted by atomic mass is 9.92. The van der Waals surface area contributed by atoms with Crippen molar-refractivity contribution in [2.24, 2.45) is 5.92 Å². The monoisotopic (exact) mass is 865 g/mol. The molecular weight excluding hydrogens is 820 g/mol. The Morgan fingerprint density at radius 2 is 1.78 bits per heavy atom. The number of carbonyl (C=O) groups is 2. The van der Waals surface area contributed by atoms with E-state index >= 15 is 4.39 Å². The zero-order chi connectivity index (χ0) is 43.6. The molecule has 3 aromatic rings. The number of hydrogen-bond donors (Lipinski definition) is 1. The number of piperazine rings is 1. The van der Waals surface area contributed by atoms with E-state index in [9.17, 15) is 31.5 Å². The van der Waals surface area contributed by atoms with E-state index < -0.39 is 87.3 Å². The molecule has 2 aromatic heterocycles. The first-order chi connectivity index (χ1) is 28.2. The Morgan fingerprint density at radius 1 is 1.10 bits per heavy atom. The number of carbonyl (C=O) groups excluding carboxylic acids is 2. The number of anilines is 2. The van der Waals surface area contributed by atoms with Crippen LogP contribution in [0.1, 0.15) is 82.9 Å². The van der Waals surface area contributed by atoms with Gasteiger partial charge in [-0.25, -0.2) is 14.2 Å². The Kier molecular flexibility index (Phi) is 11.7. The molecule has 4 atom stereocenters. The van der Waals surface area contributed by atoms with Gasteiger partial charge in [-0.3, -0.25) is 14.6 Å². The second kappa shape index (κ2) is 16.2. The Hall–Kier alpha value is -4.84. The van der Waals surface area contributed by atoms with Crippen molar-refractivity contribution >= 4 is 51.8 Å². The van der Waals surface area contributed by atoms with Crippen molar-refractivity contribution in [2.75, 3.05) is 43.4 Å². The normalized spacial score (nSPS) is 22.1. The van der Waals surface area contributed by atoms with E-state index in [2.05, 4.69) is 16.5 Å². The molecule has 19 heteroatoms. The van der Waals surface area contributed by atoms with Crippen LogP contribution < -0.4 is 15.4 Å². The lowest BCUT2D eigenvalue weighted by Gasteiger charge is -2.41. The van der Waals surface area contributed by atoms with Gasteiger partial charge in [-0.1, -0.05) is 39.0 Å². The average molecular weight is 866 g/mol. The minimum Gasteiger partial charge on any atom is -0.461 e. The highest BCUT2D eigenvalue weighted by Crippen LogP contribution is 2.50. The van der Waals surface area contributed by atoms with Crippen LogP contribution in [0.15, 0.2) is 24.3 Å². The van der Waals surface area contributed by atoms with Gasteiger partial charge in [0.2, 0.25) is 6.29 Å². The number of hydrogen-bond acceptors (Lipinski definition) is 11. The van der Waals surface area contributed by atoms with E-state index in [0.717, 1.165) is 12.5 Å². The SMILES string of the molecule is C=C(CC)c1c(Cl)c(-c2nc(N)cc(C)c2C(F)(F)F)c(F)c2nc(OC[C@@]34CCCN3CC(=C(F)F)C4)nc(N3C[C@H]4CC[C@@H](C3)N4C(=O)OC(C)OC(=O)C(C)C)c12. The van der Waals surface area contributed by atoms with Gasteiger partial charge in [0.1, 0.15) is 23.8 Å². The minimum absolute atomic E-state index is 0.00351. The fraction of sp³-hybridized carbons (Fsp3) is 0.537. The predicted molar refractivity (Wildman–Crippen MR) is 212 cm³/mol. The van der Waals surface area contributed by atoms with Gasteiger partial charge < -0.3 is 24.8 Å². The molecule has 0 radical (unpaired) electrons. The number of nitrogen functional groups attached to an aromatic ring is 1. The summed E-state index contributed by atoms with van der Waals surface area (Å²) in [5, 5.41) is -0.368. The van der Waals surface area contributed by atoms with Crippen molar-refractivity contribution in [3.8, 4) is 17.3 Å². The summed E-state index contributed by atoms with van der Waals surface area (Å²) in [4.78, 5) is 44.2. The van der Waals surface area contributed by atoms with Gasteiger partial charge in [0.25, 0.3) is 6.08 Å². The molecule has 7 rings (SSSR count). The molecular formula is C41H46ClF6N7O5. The molecule has 4 fully saturated rings. The molecule has 1 aromatic carbocycles. The van der Waals surface area contributed by atoms with E-state index in [-0.39, 0.29) is 78.8 Å². The zero-order valence-electron chi connectivity index (χ0n) is 33.8. The van der Waals surface area contributed by atoms with Crippen LogP contribution in [0.3, 0.4) is 0 Å². The number of alkyl halides is 3. The summed E-state index contributed by atoms with van der Waals surface area (Å²) >= 11 is 7.03. The summed E-state index contributed by atoms with van der Waals surface area (Å²) in [6.07, 6.45) is -5.95. The molecule has 4 aliphatic rings. The number of nitrogens with two attached hydrogens (primary N) is 1. The van der Waals surface area contributed by atoms with Crippen LogP contribution in [-0.2, 0) is 20.4 Å². The first kappa shape index (κ1) is 43.3. The van der Waals surface area contributed by atoms with Crippen molar-refractivity contribution in [1.29, 1.82) is 0 Å². The van der Waals surface area contributed by atoms with Crippen LogP contribution in [-0.4, -0.2) is 93.5 Å². The lowest BCUT2D eigenvalue weighted by Crippen LogP contribution is -2.56. The Bertz CT molecular complexity index is 2270. The molecule has 60 heavy (non-hydrogen) atoms. The van der Waals surface area contributed by atoms with E-state index in [0.29, 0.717) is 31.4 Å². The third-order valence-corrected chi connectivity index (χ3v) is 12.3. The van der Waals surface area contributed by atoms with E-state index in [1.54, 1.807) is 25.7 Å². The van der Waals surface area contributed by atoms with Gasteiger partial charge in [-0.05, 0) is 69.2 Å². The van der Waals surface area contributed by atoms with E-state index in [4.69, 9.17) is 36.5 Å². The highest BCUT2D eigenvalue weighted by molar-refractivity contribution is 6.37. The van der Waals surface area contributed by atoms with Crippen molar-refractivity contribution in [2.45, 2.75) is 103 Å².